The van der Waals surface area contributed by atoms with Gasteiger partial charge in [-0.1, -0.05) is 12.1 Å². The minimum absolute atomic E-state index is 0.168. The molecule has 0 fully saturated rings. The predicted octanol–water partition coefficient (Wildman–Crippen LogP) is 3.68. The fourth-order valence-corrected chi connectivity index (χ4v) is 2.82. The van der Waals surface area contributed by atoms with Gasteiger partial charge in [-0.2, -0.15) is 0 Å². The maximum Gasteiger partial charge on any atom is 0.251 e. The van der Waals surface area contributed by atoms with E-state index in [9.17, 15) is 14.0 Å². The summed E-state index contributed by atoms with van der Waals surface area (Å²) >= 11 is 0. The molecule has 0 radical (unpaired) electrons. The van der Waals surface area contributed by atoms with Gasteiger partial charge in [-0.05, 0) is 60.2 Å². The molecule has 3 rings (SSSR count). The lowest BCUT2D eigenvalue weighted by atomic mass is 10.2. The van der Waals surface area contributed by atoms with Gasteiger partial charge in [-0.25, -0.2) is 4.39 Å². The van der Waals surface area contributed by atoms with Crippen molar-refractivity contribution >= 4 is 11.8 Å². The van der Waals surface area contributed by atoms with E-state index in [1.54, 1.807) is 54.6 Å². The Morgan fingerprint density at radius 3 is 2.06 bits per heavy atom. The van der Waals surface area contributed by atoms with Crippen molar-refractivity contribution in [2.24, 2.45) is 0 Å². The van der Waals surface area contributed by atoms with E-state index in [2.05, 4.69) is 10.6 Å². The molecule has 0 aromatic heterocycles. The van der Waals surface area contributed by atoms with Gasteiger partial charge in [0.15, 0.2) is 11.5 Å². The Morgan fingerprint density at radius 2 is 1.44 bits per heavy atom. The summed E-state index contributed by atoms with van der Waals surface area (Å²) in [6, 6.07) is 17.6. The summed E-state index contributed by atoms with van der Waals surface area (Å²) in [7, 11) is 2.99. The van der Waals surface area contributed by atoms with Gasteiger partial charge in [-0.3, -0.25) is 9.59 Å². The first kappa shape index (κ1) is 22.6. The Bertz CT molecular complexity index is 1070. The average Bonchev–Trinajstić information content (AvgIpc) is 2.83. The van der Waals surface area contributed by atoms with E-state index >= 15 is 0 Å². The fraction of sp³-hybridized carbons (Fsp3) is 0.167. The molecule has 2 N–H and O–H groups in total. The molecule has 0 aliphatic rings. The van der Waals surface area contributed by atoms with Crippen molar-refractivity contribution in [1.29, 1.82) is 0 Å². The largest absolute Gasteiger partial charge is 0.493 e. The molecule has 0 aliphatic heterocycles. The summed E-state index contributed by atoms with van der Waals surface area (Å²) in [5.41, 5.74) is 1.21. The zero-order valence-electron chi connectivity index (χ0n) is 17.7. The predicted molar refractivity (Wildman–Crippen MR) is 117 cm³/mol. The van der Waals surface area contributed by atoms with E-state index in [4.69, 9.17) is 14.2 Å². The zero-order valence-corrected chi connectivity index (χ0v) is 17.7. The van der Waals surface area contributed by atoms with E-state index in [1.165, 1.54) is 26.4 Å². The first-order chi connectivity index (χ1) is 15.5. The number of benzene rings is 3. The standard InChI is InChI=1S/C24H23FN2O5/c1-30-21-12-5-17(13-22(21)31-2)24(29)27-15-23(28)26-14-16-3-8-19(9-4-16)32-20-10-6-18(25)7-11-20/h3-13H,14-15H2,1-2H3,(H,26,28)(H,27,29). The molecular formula is C24H23FN2O5. The molecule has 166 valence electrons. The van der Waals surface area contributed by atoms with E-state index in [0.29, 0.717) is 35.1 Å². The number of nitrogens with one attached hydrogen (secondary N) is 2. The average molecular weight is 438 g/mol. The molecule has 8 heteroatoms. The minimum Gasteiger partial charge on any atom is -0.493 e. The molecular weight excluding hydrogens is 415 g/mol. The van der Waals surface area contributed by atoms with Gasteiger partial charge in [0.1, 0.15) is 17.3 Å². The van der Waals surface area contributed by atoms with Crippen LogP contribution in [0, 0.1) is 5.82 Å². The number of amides is 2. The Morgan fingerprint density at radius 1 is 0.812 bits per heavy atom. The van der Waals surface area contributed by atoms with Crippen molar-refractivity contribution in [2.75, 3.05) is 20.8 Å². The summed E-state index contributed by atoms with van der Waals surface area (Å²) in [6.45, 7) is 0.126. The highest BCUT2D eigenvalue weighted by Gasteiger charge is 2.12. The van der Waals surface area contributed by atoms with Crippen LogP contribution in [-0.4, -0.2) is 32.6 Å². The molecule has 0 spiro atoms. The Balaban J connectivity index is 1.45. The van der Waals surface area contributed by atoms with Crippen LogP contribution in [0.5, 0.6) is 23.0 Å². The van der Waals surface area contributed by atoms with E-state index < -0.39 is 5.91 Å². The fourth-order valence-electron chi connectivity index (χ4n) is 2.82. The normalized spacial score (nSPS) is 10.2. The maximum absolute atomic E-state index is 12.9. The van der Waals surface area contributed by atoms with Crippen LogP contribution in [0.3, 0.4) is 0 Å². The van der Waals surface area contributed by atoms with Gasteiger partial charge in [0.25, 0.3) is 5.91 Å². The van der Waals surface area contributed by atoms with Gasteiger partial charge in [0.05, 0.1) is 20.8 Å². The monoisotopic (exact) mass is 438 g/mol. The summed E-state index contributed by atoms with van der Waals surface area (Å²) in [4.78, 5) is 24.4. The maximum atomic E-state index is 12.9. The molecule has 0 saturated carbocycles. The summed E-state index contributed by atoms with van der Waals surface area (Å²) in [5.74, 6) is 0.996. The smallest absolute Gasteiger partial charge is 0.251 e. The van der Waals surface area contributed by atoms with Gasteiger partial charge in [-0.15, -0.1) is 0 Å². The molecule has 7 nitrogen and oxygen atoms in total. The van der Waals surface area contributed by atoms with Crippen LogP contribution in [0.4, 0.5) is 4.39 Å². The SMILES string of the molecule is COc1ccc(C(=O)NCC(=O)NCc2ccc(Oc3ccc(F)cc3)cc2)cc1OC. The Labute approximate surface area is 185 Å². The number of carbonyl (C=O) groups excluding carboxylic acids is 2. The third-order valence-electron chi connectivity index (χ3n) is 4.52. The van der Waals surface area contributed by atoms with Crippen LogP contribution in [0.2, 0.25) is 0 Å². The second kappa shape index (κ2) is 10.8. The lowest BCUT2D eigenvalue weighted by Gasteiger charge is -2.10. The molecule has 3 aromatic carbocycles. The molecule has 0 saturated heterocycles. The highest BCUT2D eigenvalue weighted by atomic mass is 19.1. The third-order valence-corrected chi connectivity index (χ3v) is 4.52. The third kappa shape index (κ3) is 6.21. The topological polar surface area (TPSA) is 85.9 Å². The molecule has 0 atom stereocenters. The zero-order chi connectivity index (χ0) is 22.9. The van der Waals surface area contributed by atoms with Crippen molar-refractivity contribution in [3.8, 4) is 23.0 Å². The van der Waals surface area contributed by atoms with Gasteiger partial charge in [0.2, 0.25) is 5.91 Å². The quantitative estimate of drug-likeness (QED) is 0.532. The lowest BCUT2D eigenvalue weighted by Crippen LogP contribution is -2.36. The van der Waals surface area contributed by atoms with Crippen molar-refractivity contribution in [3.05, 3.63) is 83.7 Å². The number of rotatable bonds is 9. The summed E-state index contributed by atoms with van der Waals surface area (Å²) in [5, 5.41) is 5.31. The van der Waals surface area contributed by atoms with Crippen molar-refractivity contribution in [1.82, 2.24) is 10.6 Å². The molecule has 0 bridgehead atoms. The second-order valence-corrected chi connectivity index (χ2v) is 6.73. The Hall–Kier alpha value is -4.07. The number of hydrogen-bond donors (Lipinski definition) is 2. The first-order valence-electron chi connectivity index (χ1n) is 9.78. The van der Waals surface area contributed by atoms with E-state index in [1.807, 2.05) is 0 Å². The van der Waals surface area contributed by atoms with Crippen molar-refractivity contribution in [3.63, 3.8) is 0 Å². The molecule has 0 heterocycles. The highest BCUT2D eigenvalue weighted by molar-refractivity contribution is 5.97. The highest BCUT2D eigenvalue weighted by Crippen LogP contribution is 2.27. The number of ether oxygens (including phenoxy) is 3. The Kier molecular flexibility index (Phi) is 7.64. The minimum atomic E-state index is -0.400. The van der Waals surface area contributed by atoms with Crippen molar-refractivity contribution in [2.45, 2.75) is 6.54 Å². The van der Waals surface area contributed by atoms with Crippen LogP contribution in [0.15, 0.2) is 66.7 Å². The van der Waals surface area contributed by atoms with Gasteiger partial charge < -0.3 is 24.8 Å². The number of methoxy groups -OCH3 is 2. The molecule has 0 unspecified atom stereocenters. The lowest BCUT2D eigenvalue weighted by molar-refractivity contribution is -0.120. The molecule has 32 heavy (non-hydrogen) atoms. The van der Waals surface area contributed by atoms with Crippen LogP contribution in [0.25, 0.3) is 0 Å². The van der Waals surface area contributed by atoms with Gasteiger partial charge in [0, 0.05) is 12.1 Å². The van der Waals surface area contributed by atoms with Crippen LogP contribution >= 0.6 is 0 Å². The van der Waals surface area contributed by atoms with Gasteiger partial charge >= 0.3 is 0 Å². The van der Waals surface area contributed by atoms with E-state index in [-0.39, 0.29) is 18.3 Å². The second-order valence-electron chi connectivity index (χ2n) is 6.73. The van der Waals surface area contributed by atoms with Crippen LogP contribution in [0.1, 0.15) is 15.9 Å². The number of hydrogen-bond acceptors (Lipinski definition) is 5. The number of halogens is 1. The molecule has 3 aromatic rings. The molecule has 2 amide bonds. The first-order valence-corrected chi connectivity index (χ1v) is 9.78. The number of carbonyl (C=O) groups is 2. The van der Waals surface area contributed by atoms with Crippen LogP contribution in [-0.2, 0) is 11.3 Å². The van der Waals surface area contributed by atoms with E-state index in [0.717, 1.165) is 5.56 Å². The summed E-state index contributed by atoms with van der Waals surface area (Å²) in [6.07, 6.45) is 0. The molecule has 0 aliphatic carbocycles. The van der Waals surface area contributed by atoms with Crippen molar-refractivity contribution < 1.29 is 28.2 Å². The summed E-state index contributed by atoms with van der Waals surface area (Å²) < 4.78 is 28.9. The van der Waals surface area contributed by atoms with Crippen LogP contribution < -0.4 is 24.8 Å².